The Labute approximate surface area is 173 Å². The number of aliphatic imine (C=N–C) groups is 1. The summed E-state index contributed by atoms with van der Waals surface area (Å²) in [5.74, 6) is 2.24. The number of aromatic nitrogens is 3. The summed E-state index contributed by atoms with van der Waals surface area (Å²) in [6.45, 7) is -0.451. The van der Waals surface area contributed by atoms with E-state index in [1.165, 1.54) is 25.0 Å². The second-order valence-electron chi connectivity index (χ2n) is 7.00. The summed E-state index contributed by atoms with van der Waals surface area (Å²) in [4.78, 5) is 4.57. The van der Waals surface area contributed by atoms with E-state index < -0.39 is 6.61 Å². The molecule has 1 fully saturated rings. The first-order chi connectivity index (χ1) is 13.9. The molecule has 10 heteroatoms. The Morgan fingerprint density at radius 3 is 2.76 bits per heavy atom. The number of hydrogen-bond acceptors (Lipinski definition) is 4. The first-order valence-corrected chi connectivity index (χ1v) is 9.93. The van der Waals surface area contributed by atoms with Crippen LogP contribution >= 0.6 is 11.6 Å². The fourth-order valence-electron chi connectivity index (χ4n) is 3.23. The molecule has 7 nitrogen and oxygen atoms in total. The molecule has 0 saturated heterocycles. The lowest BCUT2D eigenvalue weighted by Gasteiger charge is -2.18. The third kappa shape index (κ3) is 6.03. The van der Waals surface area contributed by atoms with Crippen LogP contribution in [0, 0.1) is 6.92 Å². The first kappa shape index (κ1) is 21.3. The van der Waals surface area contributed by atoms with Crippen molar-refractivity contribution in [2.24, 2.45) is 12.0 Å². The van der Waals surface area contributed by atoms with Crippen molar-refractivity contribution in [2.75, 3.05) is 0 Å². The van der Waals surface area contributed by atoms with Gasteiger partial charge in [-0.2, -0.15) is 8.78 Å². The van der Waals surface area contributed by atoms with Crippen LogP contribution in [0.15, 0.2) is 23.2 Å². The Morgan fingerprint density at radius 1 is 1.34 bits per heavy atom. The quantitative estimate of drug-likeness (QED) is 0.523. The SMILES string of the molecule is Cc1nnc(CNC(=NCc2cc(Cl)ccc2OC(F)F)NC2CCCC2)n1C. The number of hydrogen-bond donors (Lipinski definition) is 2. The van der Waals surface area contributed by atoms with E-state index in [0.717, 1.165) is 24.5 Å². The van der Waals surface area contributed by atoms with Gasteiger partial charge in [-0.15, -0.1) is 10.2 Å². The molecule has 1 aliphatic carbocycles. The summed E-state index contributed by atoms with van der Waals surface area (Å²) >= 11 is 6.03. The highest BCUT2D eigenvalue weighted by atomic mass is 35.5. The van der Waals surface area contributed by atoms with Gasteiger partial charge in [0.05, 0.1) is 13.1 Å². The molecule has 1 heterocycles. The van der Waals surface area contributed by atoms with Gasteiger partial charge in [0.25, 0.3) is 0 Å². The van der Waals surface area contributed by atoms with Crippen LogP contribution in [0.25, 0.3) is 0 Å². The van der Waals surface area contributed by atoms with Gasteiger partial charge in [0.1, 0.15) is 11.6 Å². The molecule has 2 aromatic rings. The smallest absolute Gasteiger partial charge is 0.387 e. The zero-order valence-electron chi connectivity index (χ0n) is 16.5. The molecule has 2 N–H and O–H groups in total. The monoisotopic (exact) mass is 426 g/mol. The fourth-order valence-corrected chi connectivity index (χ4v) is 3.43. The number of nitrogens with zero attached hydrogens (tertiary/aromatic N) is 4. The number of halogens is 3. The van der Waals surface area contributed by atoms with Crippen LogP contribution < -0.4 is 15.4 Å². The minimum absolute atomic E-state index is 0.0669. The van der Waals surface area contributed by atoms with Gasteiger partial charge < -0.3 is 19.9 Å². The van der Waals surface area contributed by atoms with Crippen molar-refractivity contribution in [1.29, 1.82) is 0 Å². The Hall–Kier alpha value is -2.42. The van der Waals surface area contributed by atoms with Crippen molar-refractivity contribution >= 4 is 17.6 Å². The summed E-state index contributed by atoms with van der Waals surface area (Å²) in [6.07, 6.45) is 4.49. The number of rotatable bonds is 7. The van der Waals surface area contributed by atoms with E-state index >= 15 is 0 Å². The summed E-state index contributed by atoms with van der Waals surface area (Å²) in [5.41, 5.74) is 0.486. The number of benzene rings is 1. The molecule has 0 spiro atoms. The summed E-state index contributed by atoms with van der Waals surface area (Å²) in [7, 11) is 1.90. The van der Waals surface area contributed by atoms with Crippen molar-refractivity contribution < 1.29 is 13.5 Å². The normalized spacial score (nSPS) is 15.2. The van der Waals surface area contributed by atoms with Crippen LogP contribution in [-0.4, -0.2) is 33.4 Å². The minimum atomic E-state index is -2.91. The Kier molecular flexibility index (Phi) is 7.24. The molecule has 158 valence electrons. The molecule has 1 saturated carbocycles. The molecular formula is C19H25ClF2N6O. The largest absolute Gasteiger partial charge is 0.434 e. The predicted octanol–water partition coefficient (Wildman–Crippen LogP) is 3.56. The number of ether oxygens (including phenoxy) is 1. The summed E-state index contributed by atoms with van der Waals surface area (Å²) in [6, 6.07) is 4.86. The molecule has 0 amide bonds. The zero-order chi connectivity index (χ0) is 20.8. The fraction of sp³-hybridized carbons (Fsp3) is 0.526. The number of aryl methyl sites for hydroxylation is 1. The van der Waals surface area contributed by atoms with Crippen LogP contribution in [0.3, 0.4) is 0 Å². The standard InChI is InChI=1S/C19H25ClF2N6O/c1-12-26-27-17(28(12)2)11-24-19(25-15-5-3-4-6-15)23-10-13-9-14(20)7-8-16(13)29-18(21)22/h7-9,15,18H,3-6,10-11H2,1-2H3,(H2,23,24,25). The van der Waals surface area contributed by atoms with Gasteiger partial charge in [-0.05, 0) is 38.0 Å². The molecule has 29 heavy (non-hydrogen) atoms. The van der Waals surface area contributed by atoms with Crippen molar-refractivity contribution in [2.45, 2.75) is 58.3 Å². The van der Waals surface area contributed by atoms with Gasteiger partial charge in [-0.3, -0.25) is 0 Å². The molecule has 3 rings (SSSR count). The topological polar surface area (TPSA) is 76.4 Å². The van der Waals surface area contributed by atoms with Crippen molar-refractivity contribution in [3.8, 4) is 5.75 Å². The Balaban J connectivity index is 1.75. The van der Waals surface area contributed by atoms with Crippen molar-refractivity contribution in [3.05, 3.63) is 40.4 Å². The predicted molar refractivity (Wildman–Crippen MR) is 107 cm³/mol. The van der Waals surface area contributed by atoms with Crippen molar-refractivity contribution in [3.63, 3.8) is 0 Å². The minimum Gasteiger partial charge on any atom is -0.434 e. The van der Waals surface area contributed by atoms with Crippen LogP contribution in [0.1, 0.15) is 42.9 Å². The number of nitrogens with one attached hydrogen (secondary N) is 2. The van der Waals surface area contributed by atoms with Crippen LogP contribution in [0.4, 0.5) is 8.78 Å². The molecule has 0 unspecified atom stereocenters. The molecule has 1 aromatic carbocycles. The van der Waals surface area contributed by atoms with E-state index in [-0.39, 0.29) is 12.3 Å². The Bertz CT molecular complexity index is 851. The maximum Gasteiger partial charge on any atom is 0.387 e. The van der Waals surface area contributed by atoms with Gasteiger partial charge in [-0.25, -0.2) is 4.99 Å². The number of guanidine groups is 1. The van der Waals surface area contributed by atoms with Crippen LogP contribution in [0.5, 0.6) is 5.75 Å². The Morgan fingerprint density at radius 2 is 2.10 bits per heavy atom. The van der Waals surface area contributed by atoms with Gasteiger partial charge in [-0.1, -0.05) is 24.4 Å². The molecule has 1 aliphatic rings. The third-order valence-electron chi connectivity index (χ3n) is 4.94. The lowest BCUT2D eigenvalue weighted by atomic mass is 10.2. The lowest BCUT2D eigenvalue weighted by Crippen LogP contribution is -2.42. The van der Waals surface area contributed by atoms with E-state index in [1.54, 1.807) is 6.07 Å². The number of alkyl halides is 2. The molecule has 1 aromatic heterocycles. The van der Waals surface area contributed by atoms with Gasteiger partial charge in [0.15, 0.2) is 11.8 Å². The maximum absolute atomic E-state index is 12.7. The third-order valence-corrected chi connectivity index (χ3v) is 5.17. The van der Waals surface area contributed by atoms with E-state index in [1.807, 2.05) is 18.5 Å². The molecule has 0 atom stereocenters. The highest BCUT2D eigenvalue weighted by Crippen LogP contribution is 2.25. The van der Waals surface area contributed by atoms with Gasteiger partial charge in [0, 0.05) is 23.7 Å². The molecule has 0 bridgehead atoms. The van der Waals surface area contributed by atoms with Gasteiger partial charge in [0.2, 0.25) is 0 Å². The van der Waals surface area contributed by atoms with E-state index in [4.69, 9.17) is 11.6 Å². The average Bonchev–Trinajstić information content (AvgIpc) is 3.30. The maximum atomic E-state index is 12.7. The highest BCUT2D eigenvalue weighted by molar-refractivity contribution is 6.30. The van der Waals surface area contributed by atoms with E-state index in [0.29, 0.717) is 29.1 Å². The zero-order valence-corrected chi connectivity index (χ0v) is 17.2. The summed E-state index contributed by atoms with van der Waals surface area (Å²) in [5, 5.41) is 15.3. The van der Waals surface area contributed by atoms with E-state index in [2.05, 4.69) is 30.6 Å². The molecule has 0 aliphatic heterocycles. The van der Waals surface area contributed by atoms with Gasteiger partial charge >= 0.3 is 6.61 Å². The first-order valence-electron chi connectivity index (χ1n) is 9.55. The van der Waals surface area contributed by atoms with Crippen molar-refractivity contribution in [1.82, 2.24) is 25.4 Å². The molecular weight excluding hydrogens is 402 g/mol. The highest BCUT2D eigenvalue weighted by Gasteiger charge is 2.17. The average molecular weight is 427 g/mol. The van der Waals surface area contributed by atoms with E-state index in [9.17, 15) is 8.78 Å². The van der Waals surface area contributed by atoms with Crippen LogP contribution in [-0.2, 0) is 20.1 Å². The molecule has 0 radical (unpaired) electrons. The summed E-state index contributed by atoms with van der Waals surface area (Å²) < 4.78 is 31.9. The second kappa shape index (κ2) is 9.87. The van der Waals surface area contributed by atoms with Crippen LogP contribution in [0.2, 0.25) is 5.02 Å². The second-order valence-corrected chi connectivity index (χ2v) is 7.43. The lowest BCUT2D eigenvalue weighted by molar-refractivity contribution is -0.0504.